The zero-order valence-corrected chi connectivity index (χ0v) is 27.6. The fraction of sp³-hybridized carbons (Fsp3) is 0.289. The second-order valence-electron chi connectivity index (χ2n) is 12.1. The van der Waals surface area contributed by atoms with Crippen molar-refractivity contribution in [1.82, 2.24) is 0 Å². The lowest BCUT2D eigenvalue weighted by Gasteiger charge is -2.22. The molecule has 0 radical (unpaired) electrons. The van der Waals surface area contributed by atoms with E-state index in [0.29, 0.717) is 28.0 Å². The molecule has 226 valence electrons. The maximum atomic E-state index is 13.9. The van der Waals surface area contributed by atoms with Crippen LogP contribution in [0.4, 0.5) is 0 Å². The summed E-state index contributed by atoms with van der Waals surface area (Å²) < 4.78 is 5.66. The fourth-order valence-electron chi connectivity index (χ4n) is 5.34. The van der Waals surface area contributed by atoms with E-state index in [-0.39, 0.29) is 28.9 Å². The fourth-order valence-corrected chi connectivity index (χ4v) is 7.29. The number of ether oxygens (including phenoxy) is 1. The van der Waals surface area contributed by atoms with Crippen molar-refractivity contribution < 1.29 is 19.1 Å². The van der Waals surface area contributed by atoms with Gasteiger partial charge in [0.25, 0.3) is 0 Å². The Morgan fingerprint density at radius 3 is 1.68 bits per heavy atom. The number of ketones is 2. The van der Waals surface area contributed by atoms with Gasteiger partial charge < -0.3 is 4.74 Å². The summed E-state index contributed by atoms with van der Waals surface area (Å²) >= 11 is 2.93. The molecule has 1 unspecified atom stereocenters. The molecule has 4 aromatic rings. The highest BCUT2D eigenvalue weighted by molar-refractivity contribution is 7.99. The highest BCUT2D eigenvalue weighted by Gasteiger charge is 2.34. The summed E-state index contributed by atoms with van der Waals surface area (Å²) in [6.45, 7) is 10.7. The Kier molecular flexibility index (Phi) is 9.81. The third-order valence-electron chi connectivity index (χ3n) is 7.95. The van der Waals surface area contributed by atoms with E-state index in [4.69, 9.17) is 4.74 Å². The second kappa shape index (κ2) is 13.6. The first-order chi connectivity index (χ1) is 21.1. The summed E-state index contributed by atoms with van der Waals surface area (Å²) in [6.07, 6.45) is 3.64. The van der Waals surface area contributed by atoms with Crippen LogP contribution in [0.3, 0.4) is 0 Å². The van der Waals surface area contributed by atoms with Crippen LogP contribution in [0.2, 0.25) is 0 Å². The maximum absolute atomic E-state index is 13.9. The van der Waals surface area contributed by atoms with Gasteiger partial charge in [0.05, 0.1) is 5.92 Å². The van der Waals surface area contributed by atoms with Crippen LogP contribution in [-0.4, -0.2) is 17.5 Å². The first kappa shape index (κ1) is 31.8. The minimum Gasteiger partial charge on any atom is -0.426 e. The third-order valence-corrected chi connectivity index (χ3v) is 10.1. The number of carbonyl (C=O) groups excluding carboxylic acids is 3. The van der Waals surface area contributed by atoms with Crippen LogP contribution in [0.15, 0.2) is 105 Å². The molecule has 1 aliphatic carbocycles. The van der Waals surface area contributed by atoms with Gasteiger partial charge in [-0.2, -0.15) is 0 Å². The minimum atomic E-state index is -0.194. The quantitative estimate of drug-likeness (QED) is 0.114. The van der Waals surface area contributed by atoms with E-state index < -0.39 is 0 Å². The molecular formula is C38H38O4S2. The number of rotatable bonds is 10. The predicted molar refractivity (Wildman–Crippen MR) is 179 cm³/mol. The van der Waals surface area contributed by atoms with Crippen molar-refractivity contribution in [1.29, 1.82) is 0 Å². The Hall–Kier alpha value is -3.61. The van der Waals surface area contributed by atoms with Crippen molar-refractivity contribution in [3.05, 3.63) is 113 Å². The van der Waals surface area contributed by atoms with Gasteiger partial charge in [-0.3, -0.25) is 14.4 Å². The van der Waals surface area contributed by atoms with Crippen LogP contribution in [-0.2, 0) is 10.2 Å². The van der Waals surface area contributed by atoms with Crippen LogP contribution < -0.4 is 4.74 Å². The Balaban J connectivity index is 1.36. The van der Waals surface area contributed by atoms with Gasteiger partial charge in [0.2, 0.25) is 0 Å². The van der Waals surface area contributed by atoms with Crippen LogP contribution in [0.5, 0.6) is 5.75 Å². The van der Waals surface area contributed by atoms with Gasteiger partial charge in [-0.15, -0.1) is 0 Å². The number of unbranched alkanes of at least 4 members (excludes halogenated alkanes) is 1. The van der Waals surface area contributed by atoms with Gasteiger partial charge in [-0.25, -0.2) is 0 Å². The molecule has 0 N–H and O–H groups in total. The van der Waals surface area contributed by atoms with E-state index in [1.165, 1.54) is 29.1 Å². The Bertz CT molecular complexity index is 1680. The van der Waals surface area contributed by atoms with Gasteiger partial charge in [-0.1, -0.05) is 107 Å². The average Bonchev–Trinajstić information content (AvgIpc) is 3.01. The van der Waals surface area contributed by atoms with Crippen molar-refractivity contribution in [2.75, 3.05) is 0 Å². The summed E-state index contributed by atoms with van der Waals surface area (Å²) in [6, 6.07) is 26.7. The molecule has 1 atom stereocenters. The average molecular weight is 623 g/mol. The van der Waals surface area contributed by atoms with Gasteiger partial charge in [0.15, 0.2) is 11.6 Å². The largest absolute Gasteiger partial charge is 0.426 e. The molecule has 0 fully saturated rings. The minimum absolute atomic E-state index is 0.0535. The molecule has 4 aromatic carbocycles. The maximum Gasteiger partial charge on any atom is 0.314 e. The Morgan fingerprint density at radius 2 is 1.23 bits per heavy atom. The highest BCUT2D eigenvalue weighted by Crippen LogP contribution is 2.41. The van der Waals surface area contributed by atoms with Crippen molar-refractivity contribution in [2.45, 2.75) is 85.3 Å². The third kappa shape index (κ3) is 6.87. The standard InChI is InChI=1S/C38H38O4S2/c1-6-8-11-24(7-2)37(41)42-26-18-22-28(23-19-26)44-32-15-10-13-30-34(32)36(40)29-12-9-14-31(33(29)35(30)39)43-27-20-16-25(17-21-27)38(3,4)5/h9-10,12-24H,6-8,11H2,1-5H3. The normalized spacial score (nSPS) is 13.3. The molecule has 6 heteroatoms. The molecule has 0 amide bonds. The zero-order valence-electron chi connectivity index (χ0n) is 25.9. The van der Waals surface area contributed by atoms with E-state index in [1.807, 2.05) is 43.3 Å². The van der Waals surface area contributed by atoms with E-state index in [1.54, 1.807) is 24.3 Å². The van der Waals surface area contributed by atoms with Crippen LogP contribution in [0.1, 0.15) is 97.7 Å². The molecule has 44 heavy (non-hydrogen) atoms. The highest BCUT2D eigenvalue weighted by atomic mass is 32.2. The Morgan fingerprint density at radius 1 is 0.727 bits per heavy atom. The van der Waals surface area contributed by atoms with E-state index in [0.717, 1.165) is 45.3 Å². The second-order valence-corrected chi connectivity index (χ2v) is 14.4. The molecule has 5 rings (SSSR count). The Labute approximate surface area is 269 Å². The smallest absolute Gasteiger partial charge is 0.314 e. The molecule has 0 saturated carbocycles. The molecule has 0 bridgehead atoms. The van der Waals surface area contributed by atoms with Crippen LogP contribution in [0.25, 0.3) is 0 Å². The molecular weight excluding hydrogens is 585 g/mol. The first-order valence-electron chi connectivity index (χ1n) is 15.2. The van der Waals surface area contributed by atoms with Gasteiger partial charge in [-0.05, 0) is 72.4 Å². The SMILES string of the molecule is CCCCC(CC)C(=O)Oc1ccc(Sc2cccc3c2C(=O)c2cccc(Sc4ccc(C(C)(C)C)cc4)c2C3=O)cc1. The molecule has 0 heterocycles. The van der Waals surface area contributed by atoms with E-state index in [9.17, 15) is 14.4 Å². The lowest BCUT2D eigenvalue weighted by molar-refractivity contribution is -0.139. The van der Waals surface area contributed by atoms with E-state index >= 15 is 0 Å². The first-order valence-corrected chi connectivity index (χ1v) is 16.9. The summed E-state index contributed by atoms with van der Waals surface area (Å²) in [5, 5.41) is 0. The summed E-state index contributed by atoms with van der Waals surface area (Å²) in [4.78, 5) is 43.9. The number of hydrogen-bond donors (Lipinski definition) is 0. The predicted octanol–water partition coefficient (Wildman–Crippen LogP) is 10.2. The number of fused-ring (bicyclic) bond motifs is 2. The number of carbonyl (C=O) groups is 3. The molecule has 1 aliphatic rings. The van der Waals surface area contributed by atoms with Crippen molar-refractivity contribution in [2.24, 2.45) is 5.92 Å². The van der Waals surface area contributed by atoms with Crippen LogP contribution >= 0.6 is 23.5 Å². The number of benzene rings is 4. The van der Waals surface area contributed by atoms with E-state index in [2.05, 4.69) is 52.0 Å². The summed E-state index contributed by atoms with van der Waals surface area (Å²) in [5.41, 5.74) is 3.05. The molecule has 4 nitrogen and oxygen atoms in total. The monoisotopic (exact) mass is 622 g/mol. The zero-order chi connectivity index (χ0) is 31.4. The van der Waals surface area contributed by atoms with Gasteiger partial charge in [0.1, 0.15) is 5.75 Å². The van der Waals surface area contributed by atoms with Crippen molar-refractivity contribution in [3.8, 4) is 5.75 Å². The van der Waals surface area contributed by atoms with Crippen molar-refractivity contribution >= 4 is 41.1 Å². The molecule has 0 saturated heterocycles. The lowest BCUT2D eigenvalue weighted by atomic mass is 9.84. The molecule has 0 spiro atoms. The summed E-state index contributed by atoms with van der Waals surface area (Å²) in [5.74, 6) is -0.0729. The lowest BCUT2D eigenvalue weighted by Crippen LogP contribution is -2.22. The van der Waals surface area contributed by atoms with Crippen molar-refractivity contribution in [3.63, 3.8) is 0 Å². The van der Waals surface area contributed by atoms with Gasteiger partial charge >= 0.3 is 5.97 Å². The van der Waals surface area contributed by atoms with Gasteiger partial charge in [0, 0.05) is 41.8 Å². The molecule has 0 aliphatic heterocycles. The summed E-state index contributed by atoms with van der Waals surface area (Å²) in [7, 11) is 0. The topological polar surface area (TPSA) is 60.4 Å². The van der Waals surface area contributed by atoms with Crippen LogP contribution in [0, 0.1) is 5.92 Å². The number of hydrogen-bond acceptors (Lipinski definition) is 6. The molecule has 0 aromatic heterocycles. The number of esters is 1.